The largest absolute Gasteiger partial charge is 0.442 e. The number of furan rings is 1. The fourth-order valence-corrected chi connectivity index (χ4v) is 5.42. The topological polar surface area (TPSA) is 130 Å². The highest BCUT2D eigenvalue weighted by atomic mass is 19.1. The zero-order chi connectivity index (χ0) is 24.2. The van der Waals surface area contributed by atoms with E-state index in [0.717, 1.165) is 0 Å². The van der Waals surface area contributed by atoms with Crippen LogP contribution in [0.2, 0.25) is 0 Å². The minimum atomic E-state index is -0.593. The van der Waals surface area contributed by atoms with Gasteiger partial charge in [0, 0.05) is 50.5 Å². The van der Waals surface area contributed by atoms with Gasteiger partial charge in [-0.15, -0.1) is 0 Å². The second-order valence-corrected chi connectivity index (χ2v) is 8.92. The van der Waals surface area contributed by atoms with E-state index in [-0.39, 0.29) is 36.8 Å². The number of ether oxygens (including phenoxy) is 1. The van der Waals surface area contributed by atoms with E-state index in [1.165, 1.54) is 24.0 Å². The van der Waals surface area contributed by atoms with Gasteiger partial charge in [-0.3, -0.25) is 19.8 Å². The molecule has 11 nitrogen and oxygen atoms in total. The molecule has 2 aliphatic heterocycles. The number of fused-ring (bicyclic) bond motifs is 1. The Kier molecular flexibility index (Phi) is 5.19. The highest BCUT2D eigenvalue weighted by Gasteiger charge is 2.70. The molecular formula is C22H24FN5O6. The molecule has 0 bridgehead atoms. The van der Waals surface area contributed by atoms with Crippen molar-refractivity contribution in [3.05, 3.63) is 51.8 Å². The summed E-state index contributed by atoms with van der Waals surface area (Å²) in [4.78, 5) is 37.0. The van der Waals surface area contributed by atoms with Gasteiger partial charge in [-0.1, -0.05) is 6.07 Å². The van der Waals surface area contributed by atoms with Crippen LogP contribution in [0.1, 0.15) is 12.5 Å². The predicted molar refractivity (Wildman–Crippen MR) is 118 cm³/mol. The molecule has 5 rings (SSSR count). The summed E-state index contributed by atoms with van der Waals surface area (Å²) in [6.45, 7) is 3.00. The first-order valence-corrected chi connectivity index (χ1v) is 10.9. The van der Waals surface area contributed by atoms with E-state index in [1.54, 1.807) is 25.2 Å². The third-order valence-electron chi connectivity index (χ3n) is 6.98. The molecule has 2 N–H and O–H groups in total. The molecule has 4 atom stereocenters. The summed E-state index contributed by atoms with van der Waals surface area (Å²) >= 11 is 0. The van der Waals surface area contributed by atoms with Crippen LogP contribution >= 0.6 is 0 Å². The SMILES string of the molecule is CC(=O)NCC1CN(c2ccc(C34CNCC3C4N(C)c3ccc([N+](=O)[O-])o3)c(F)c2)C(=O)O1. The first kappa shape index (κ1) is 22.1. The molecule has 1 aromatic carbocycles. The molecule has 1 aromatic heterocycles. The first-order valence-electron chi connectivity index (χ1n) is 10.9. The minimum absolute atomic E-state index is 0.0980. The van der Waals surface area contributed by atoms with Crippen molar-refractivity contribution >= 4 is 29.5 Å². The summed E-state index contributed by atoms with van der Waals surface area (Å²) in [7, 11) is 1.79. The number of benzene rings is 1. The molecule has 34 heavy (non-hydrogen) atoms. The Labute approximate surface area is 194 Å². The molecule has 2 saturated heterocycles. The number of cyclic esters (lactones) is 1. The standard InChI is InChI=1S/C22H24FN5O6/c1-12(29)25-8-14-10-27(21(30)33-14)13-3-4-15(17(23)7-13)22-11-24-9-16(22)20(22)26(2)18-5-6-19(34-18)28(31)32/h3-7,14,16,20,24H,8-11H2,1-2H3,(H,25,29). The lowest BCUT2D eigenvalue weighted by molar-refractivity contribution is -0.401. The molecule has 4 unspecified atom stereocenters. The van der Waals surface area contributed by atoms with E-state index in [1.807, 2.05) is 4.90 Å². The van der Waals surface area contributed by atoms with Gasteiger partial charge in [0.1, 0.15) is 16.8 Å². The maximum absolute atomic E-state index is 15.5. The number of rotatable bonds is 7. The highest BCUT2D eigenvalue weighted by Crippen LogP contribution is 2.60. The van der Waals surface area contributed by atoms with Crippen molar-refractivity contribution in [2.24, 2.45) is 5.92 Å². The third-order valence-corrected chi connectivity index (χ3v) is 6.98. The second-order valence-electron chi connectivity index (χ2n) is 8.92. The molecule has 3 aliphatic rings. The third kappa shape index (κ3) is 3.45. The zero-order valence-electron chi connectivity index (χ0n) is 18.6. The quantitative estimate of drug-likeness (QED) is 0.460. The van der Waals surface area contributed by atoms with E-state index >= 15 is 4.39 Å². The molecule has 1 aliphatic carbocycles. The Morgan fingerprint density at radius 2 is 2.21 bits per heavy atom. The number of nitrogens with one attached hydrogen (secondary N) is 2. The van der Waals surface area contributed by atoms with Crippen molar-refractivity contribution in [1.82, 2.24) is 10.6 Å². The molecule has 12 heteroatoms. The Balaban J connectivity index is 1.36. The maximum atomic E-state index is 15.5. The van der Waals surface area contributed by atoms with Gasteiger partial charge in [-0.25, -0.2) is 9.18 Å². The number of nitrogens with zero attached hydrogens (tertiary/aromatic N) is 3. The summed E-state index contributed by atoms with van der Waals surface area (Å²) < 4.78 is 26.1. The van der Waals surface area contributed by atoms with Gasteiger partial charge in [-0.2, -0.15) is 0 Å². The van der Waals surface area contributed by atoms with E-state index in [0.29, 0.717) is 30.2 Å². The molecule has 0 radical (unpaired) electrons. The number of likely N-dealkylation sites (N-methyl/N-ethyl adjacent to an activating group) is 1. The van der Waals surface area contributed by atoms with E-state index in [9.17, 15) is 19.7 Å². The fraction of sp³-hybridized carbons (Fsp3) is 0.455. The molecule has 1 saturated carbocycles. The molecule has 3 fully saturated rings. The molecule has 2 amide bonds. The van der Waals surface area contributed by atoms with Crippen molar-refractivity contribution in [1.29, 1.82) is 0 Å². The van der Waals surface area contributed by atoms with Crippen LogP contribution in [0, 0.1) is 21.8 Å². The number of amides is 2. The summed E-state index contributed by atoms with van der Waals surface area (Å²) in [5, 5.41) is 16.9. The Bertz CT molecular complexity index is 1170. The average Bonchev–Trinajstić information content (AvgIpc) is 3.26. The summed E-state index contributed by atoms with van der Waals surface area (Å²) in [5.41, 5.74) is 0.382. The second kappa shape index (κ2) is 7.97. The zero-order valence-corrected chi connectivity index (χ0v) is 18.6. The van der Waals surface area contributed by atoms with Crippen molar-refractivity contribution in [2.75, 3.05) is 43.0 Å². The van der Waals surface area contributed by atoms with E-state index in [4.69, 9.17) is 9.15 Å². The summed E-state index contributed by atoms with van der Waals surface area (Å²) in [5.74, 6) is -0.555. The molecule has 180 valence electrons. The number of halogens is 1. The lowest BCUT2D eigenvalue weighted by Gasteiger charge is -2.24. The maximum Gasteiger partial charge on any atom is 0.434 e. The van der Waals surface area contributed by atoms with Crippen LogP contribution in [0.15, 0.2) is 34.7 Å². The van der Waals surface area contributed by atoms with Crippen LogP contribution in [0.4, 0.5) is 26.6 Å². The van der Waals surface area contributed by atoms with Gasteiger partial charge in [0.2, 0.25) is 11.8 Å². The highest BCUT2D eigenvalue weighted by molar-refractivity contribution is 5.90. The van der Waals surface area contributed by atoms with Crippen LogP contribution in [0.3, 0.4) is 0 Å². The van der Waals surface area contributed by atoms with Crippen molar-refractivity contribution in [3.63, 3.8) is 0 Å². The van der Waals surface area contributed by atoms with Gasteiger partial charge >= 0.3 is 12.0 Å². The van der Waals surface area contributed by atoms with Crippen LogP contribution in [0.25, 0.3) is 0 Å². The molecular weight excluding hydrogens is 449 g/mol. The number of carbonyl (C=O) groups excluding carboxylic acids is 2. The monoisotopic (exact) mass is 473 g/mol. The van der Waals surface area contributed by atoms with Gasteiger partial charge < -0.3 is 24.7 Å². The average molecular weight is 473 g/mol. The predicted octanol–water partition coefficient (Wildman–Crippen LogP) is 1.76. The van der Waals surface area contributed by atoms with Gasteiger partial charge in [-0.05, 0) is 17.7 Å². The Morgan fingerprint density at radius 1 is 1.41 bits per heavy atom. The van der Waals surface area contributed by atoms with Crippen molar-refractivity contribution < 1.29 is 28.1 Å². The normalized spacial score (nSPS) is 27.3. The van der Waals surface area contributed by atoms with Crippen LogP contribution in [0.5, 0.6) is 0 Å². The summed E-state index contributed by atoms with van der Waals surface area (Å²) in [6, 6.07) is 7.46. The number of hydrogen-bond donors (Lipinski definition) is 2. The smallest absolute Gasteiger partial charge is 0.434 e. The van der Waals surface area contributed by atoms with Crippen LogP contribution in [-0.4, -0.2) is 62.3 Å². The molecule has 0 spiro atoms. The first-order chi connectivity index (χ1) is 16.2. The van der Waals surface area contributed by atoms with Crippen molar-refractivity contribution in [3.8, 4) is 0 Å². The van der Waals surface area contributed by atoms with E-state index < -0.39 is 28.4 Å². The Hall–Kier alpha value is -3.67. The number of hydrogen-bond acceptors (Lipinski definition) is 8. The van der Waals surface area contributed by atoms with Crippen molar-refractivity contribution in [2.45, 2.75) is 24.5 Å². The minimum Gasteiger partial charge on any atom is -0.442 e. The lowest BCUT2D eigenvalue weighted by atomic mass is 9.93. The van der Waals surface area contributed by atoms with Gasteiger partial charge in [0.15, 0.2) is 0 Å². The summed E-state index contributed by atoms with van der Waals surface area (Å²) in [6.07, 6.45) is -1.11. The molecule has 3 heterocycles. The number of nitro groups is 1. The number of anilines is 2. The van der Waals surface area contributed by atoms with Gasteiger partial charge in [0.05, 0.1) is 24.8 Å². The molecule has 2 aromatic rings. The Morgan fingerprint density at radius 3 is 2.88 bits per heavy atom. The lowest BCUT2D eigenvalue weighted by Crippen LogP contribution is -2.35. The fourth-order valence-electron chi connectivity index (χ4n) is 5.42. The van der Waals surface area contributed by atoms with Gasteiger partial charge in [0.25, 0.3) is 0 Å². The van der Waals surface area contributed by atoms with Crippen LogP contribution < -0.4 is 20.4 Å². The van der Waals surface area contributed by atoms with E-state index in [2.05, 4.69) is 10.6 Å². The number of carbonyl (C=O) groups is 2. The van der Waals surface area contributed by atoms with Crippen LogP contribution in [-0.2, 0) is 14.9 Å². The number of piperidine rings is 1.